The molecule has 0 unspecified atom stereocenters. The van der Waals surface area contributed by atoms with E-state index in [1.807, 2.05) is 0 Å². The molecule has 0 radical (unpaired) electrons. The van der Waals surface area contributed by atoms with Gasteiger partial charge in [0.2, 0.25) is 0 Å². The van der Waals surface area contributed by atoms with Crippen molar-refractivity contribution in [2.24, 2.45) is 5.10 Å². The van der Waals surface area contributed by atoms with Crippen LogP contribution in [0, 0.1) is 0 Å². The maximum atomic E-state index is 12.1. The number of hydrazone groups is 1. The summed E-state index contributed by atoms with van der Waals surface area (Å²) in [7, 11) is -2.28. The number of rotatable bonds is 6. The van der Waals surface area contributed by atoms with Gasteiger partial charge in [0.25, 0.3) is 10.0 Å². The number of hydrogen-bond donors (Lipinski definition) is 1. The highest BCUT2D eigenvalue weighted by molar-refractivity contribution is 7.89. The second kappa shape index (κ2) is 7.60. The summed E-state index contributed by atoms with van der Waals surface area (Å²) in [4.78, 5) is 13.3. The average Bonchev–Trinajstić information content (AvgIpc) is 2.56. The summed E-state index contributed by atoms with van der Waals surface area (Å²) in [5.74, 6) is 0.254. The van der Waals surface area contributed by atoms with Crippen LogP contribution in [0.15, 0.2) is 58.5 Å². The molecule has 0 spiro atoms. The van der Waals surface area contributed by atoms with Crippen molar-refractivity contribution in [1.82, 2.24) is 4.83 Å². The van der Waals surface area contributed by atoms with Crippen LogP contribution < -0.4 is 14.3 Å². The molecule has 7 nitrogen and oxygen atoms in total. The first-order valence-corrected chi connectivity index (χ1v) is 8.37. The molecule has 0 saturated heterocycles. The van der Waals surface area contributed by atoms with Gasteiger partial charge in [-0.2, -0.15) is 13.5 Å². The van der Waals surface area contributed by atoms with Crippen LogP contribution in [0.1, 0.15) is 12.5 Å². The Bertz CT molecular complexity index is 848. The van der Waals surface area contributed by atoms with Gasteiger partial charge in [-0.1, -0.05) is 18.2 Å². The third-order valence-electron chi connectivity index (χ3n) is 2.90. The summed E-state index contributed by atoms with van der Waals surface area (Å²) < 4.78 is 34.3. The van der Waals surface area contributed by atoms with Gasteiger partial charge in [0.15, 0.2) is 0 Å². The largest absolute Gasteiger partial charge is 0.497 e. The van der Waals surface area contributed by atoms with Crippen LogP contribution in [0.3, 0.4) is 0 Å². The van der Waals surface area contributed by atoms with Crippen molar-refractivity contribution in [3.8, 4) is 11.5 Å². The molecule has 2 rings (SSSR count). The van der Waals surface area contributed by atoms with Gasteiger partial charge in [0.1, 0.15) is 11.5 Å². The summed E-state index contributed by atoms with van der Waals surface area (Å²) in [5, 5.41) is 3.72. The first-order valence-electron chi connectivity index (χ1n) is 6.89. The number of methoxy groups -OCH3 is 1. The Kier molecular flexibility index (Phi) is 5.54. The molecule has 0 saturated carbocycles. The second-order valence-electron chi connectivity index (χ2n) is 4.66. The standard InChI is InChI=1S/C16H16N2O5S/c1-12(19)23-16-9-8-14(22-2)10-13(16)11-17-18-24(20,21)15-6-4-3-5-7-15/h3-11,18H,1-2H3. The number of hydrogen-bond acceptors (Lipinski definition) is 6. The van der Waals surface area contributed by atoms with Crippen LogP contribution in [0.5, 0.6) is 11.5 Å². The summed E-state index contributed by atoms with van der Waals surface area (Å²) >= 11 is 0. The van der Waals surface area contributed by atoms with E-state index in [2.05, 4.69) is 9.93 Å². The number of ether oxygens (including phenoxy) is 2. The summed E-state index contributed by atoms with van der Waals surface area (Å²) in [5.41, 5.74) is 0.389. The molecule has 1 N–H and O–H groups in total. The summed E-state index contributed by atoms with van der Waals surface area (Å²) in [6.45, 7) is 1.27. The highest BCUT2D eigenvalue weighted by Crippen LogP contribution is 2.23. The number of sulfonamides is 1. The Labute approximate surface area is 140 Å². The number of carbonyl (C=O) groups is 1. The predicted molar refractivity (Wildman–Crippen MR) is 88.7 cm³/mol. The lowest BCUT2D eigenvalue weighted by atomic mass is 10.2. The average molecular weight is 348 g/mol. The molecular weight excluding hydrogens is 332 g/mol. The van der Waals surface area contributed by atoms with Crippen LogP contribution in [-0.2, 0) is 14.8 Å². The predicted octanol–water partition coefficient (Wildman–Crippen LogP) is 1.93. The molecule has 0 amide bonds. The van der Waals surface area contributed by atoms with Crippen molar-refractivity contribution in [2.45, 2.75) is 11.8 Å². The van der Waals surface area contributed by atoms with Gasteiger partial charge in [0.05, 0.1) is 18.2 Å². The number of nitrogens with zero attached hydrogens (tertiary/aromatic N) is 1. The molecule has 2 aromatic carbocycles. The second-order valence-corrected chi connectivity index (χ2v) is 6.32. The van der Waals surface area contributed by atoms with E-state index >= 15 is 0 Å². The maximum absolute atomic E-state index is 12.1. The molecule has 0 aromatic heterocycles. The quantitative estimate of drug-likeness (QED) is 0.373. The molecule has 24 heavy (non-hydrogen) atoms. The fourth-order valence-corrected chi connectivity index (χ4v) is 2.63. The molecule has 0 aliphatic heterocycles. The molecule has 2 aromatic rings. The molecule has 0 atom stereocenters. The fourth-order valence-electron chi connectivity index (χ4n) is 1.82. The van der Waals surface area contributed by atoms with Gasteiger partial charge >= 0.3 is 5.97 Å². The Balaban J connectivity index is 2.23. The lowest BCUT2D eigenvalue weighted by Crippen LogP contribution is -2.18. The van der Waals surface area contributed by atoms with E-state index in [9.17, 15) is 13.2 Å². The van der Waals surface area contributed by atoms with E-state index in [4.69, 9.17) is 9.47 Å². The fraction of sp³-hybridized carbons (Fsp3) is 0.125. The van der Waals surface area contributed by atoms with Crippen molar-refractivity contribution >= 4 is 22.2 Å². The van der Waals surface area contributed by atoms with Gasteiger partial charge in [-0.15, -0.1) is 0 Å². The minimum atomic E-state index is -3.77. The lowest BCUT2D eigenvalue weighted by molar-refractivity contribution is -0.131. The molecule has 0 fully saturated rings. The van der Waals surface area contributed by atoms with E-state index in [1.165, 1.54) is 38.4 Å². The third-order valence-corrected chi connectivity index (χ3v) is 4.14. The molecule has 126 valence electrons. The Morgan fingerprint density at radius 3 is 2.50 bits per heavy atom. The first-order chi connectivity index (χ1) is 11.4. The smallest absolute Gasteiger partial charge is 0.308 e. The zero-order valence-electron chi connectivity index (χ0n) is 13.1. The molecule has 0 aliphatic rings. The highest BCUT2D eigenvalue weighted by Gasteiger charge is 2.12. The van der Waals surface area contributed by atoms with Gasteiger partial charge in [-0.3, -0.25) is 4.79 Å². The normalized spacial score (nSPS) is 11.2. The monoisotopic (exact) mass is 348 g/mol. The van der Waals surface area contributed by atoms with Gasteiger partial charge in [0, 0.05) is 12.5 Å². The lowest BCUT2D eigenvalue weighted by Gasteiger charge is -2.08. The van der Waals surface area contributed by atoms with E-state index in [1.54, 1.807) is 30.3 Å². The van der Waals surface area contributed by atoms with Crippen molar-refractivity contribution in [1.29, 1.82) is 0 Å². The van der Waals surface area contributed by atoms with Gasteiger partial charge in [-0.25, -0.2) is 4.83 Å². The number of nitrogens with one attached hydrogen (secondary N) is 1. The van der Waals surface area contributed by atoms with E-state index in [0.717, 1.165) is 0 Å². The van der Waals surface area contributed by atoms with E-state index < -0.39 is 16.0 Å². The van der Waals surface area contributed by atoms with Gasteiger partial charge in [-0.05, 0) is 30.3 Å². The van der Waals surface area contributed by atoms with Crippen molar-refractivity contribution < 1.29 is 22.7 Å². The number of carbonyl (C=O) groups excluding carboxylic acids is 1. The maximum Gasteiger partial charge on any atom is 0.308 e. The van der Waals surface area contributed by atoms with Gasteiger partial charge < -0.3 is 9.47 Å². The Morgan fingerprint density at radius 2 is 1.88 bits per heavy atom. The molecular formula is C16H16N2O5S. The highest BCUT2D eigenvalue weighted by atomic mass is 32.2. The van der Waals surface area contributed by atoms with Crippen LogP contribution in [0.4, 0.5) is 0 Å². The SMILES string of the molecule is COc1ccc(OC(C)=O)c(C=NNS(=O)(=O)c2ccccc2)c1. The molecule has 8 heteroatoms. The van der Waals surface area contributed by atoms with Crippen LogP contribution >= 0.6 is 0 Å². The van der Waals surface area contributed by atoms with Crippen molar-refractivity contribution in [3.05, 3.63) is 54.1 Å². The van der Waals surface area contributed by atoms with E-state index in [-0.39, 0.29) is 10.6 Å². The topological polar surface area (TPSA) is 94.1 Å². The minimum Gasteiger partial charge on any atom is -0.497 e. The number of esters is 1. The zero-order chi connectivity index (χ0) is 17.6. The van der Waals surface area contributed by atoms with Crippen molar-refractivity contribution in [2.75, 3.05) is 7.11 Å². The molecule has 0 bridgehead atoms. The minimum absolute atomic E-state index is 0.0907. The van der Waals surface area contributed by atoms with Crippen LogP contribution in [0.2, 0.25) is 0 Å². The first kappa shape index (κ1) is 17.5. The number of benzene rings is 2. The molecule has 0 heterocycles. The van der Waals surface area contributed by atoms with Crippen molar-refractivity contribution in [3.63, 3.8) is 0 Å². The zero-order valence-corrected chi connectivity index (χ0v) is 13.9. The Morgan fingerprint density at radius 1 is 1.17 bits per heavy atom. The Hall–Kier alpha value is -2.87. The van der Waals surface area contributed by atoms with E-state index in [0.29, 0.717) is 11.3 Å². The summed E-state index contributed by atoms with van der Waals surface area (Å²) in [6, 6.07) is 12.6. The summed E-state index contributed by atoms with van der Waals surface area (Å²) in [6.07, 6.45) is 1.24. The third kappa shape index (κ3) is 4.56. The van der Waals surface area contributed by atoms with Crippen LogP contribution in [-0.4, -0.2) is 27.7 Å². The van der Waals surface area contributed by atoms with Crippen LogP contribution in [0.25, 0.3) is 0 Å². The molecule has 0 aliphatic carbocycles.